The van der Waals surface area contributed by atoms with Gasteiger partial charge in [-0.25, -0.2) is 0 Å². The highest BCUT2D eigenvalue weighted by molar-refractivity contribution is 9.10. The lowest BCUT2D eigenvalue weighted by atomic mass is 9.81. The third kappa shape index (κ3) is 4.22. The fourth-order valence-corrected chi connectivity index (χ4v) is 3.08. The number of carboxylic acids is 1. The van der Waals surface area contributed by atoms with Crippen molar-refractivity contribution in [1.82, 2.24) is 0 Å². The van der Waals surface area contributed by atoms with Gasteiger partial charge in [0.05, 0.1) is 18.2 Å². The molecule has 0 saturated heterocycles. The molecule has 1 amide bonds. The molecule has 5 nitrogen and oxygen atoms in total. The lowest BCUT2D eigenvalue weighted by molar-refractivity contribution is -0.143. The maximum atomic E-state index is 12.4. The van der Waals surface area contributed by atoms with Gasteiger partial charge in [-0.15, -0.1) is 0 Å². The highest BCUT2D eigenvalue weighted by Crippen LogP contribution is 2.32. The van der Waals surface area contributed by atoms with Gasteiger partial charge in [0.25, 0.3) is 0 Å². The molecule has 1 aromatic rings. The minimum atomic E-state index is -0.760. The van der Waals surface area contributed by atoms with E-state index in [-0.39, 0.29) is 17.7 Å². The van der Waals surface area contributed by atoms with E-state index < -0.39 is 5.97 Å². The Labute approximate surface area is 138 Å². The van der Waals surface area contributed by atoms with Crippen molar-refractivity contribution >= 4 is 33.5 Å². The van der Waals surface area contributed by atoms with E-state index in [1.54, 1.807) is 0 Å². The van der Waals surface area contributed by atoms with Gasteiger partial charge in [0.15, 0.2) is 0 Å². The maximum Gasteiger partial charge on any atom is 0.306 e. The molecule has 1 fully saturated rings. The Morgan fingerprint density at radius 2 is 1.91 bits per heavy atom. The summed E-state index contributed by atoms with van der Waals surface area (Å²) in [7, 11) is 0. The number of anilines is 1. The van der Waals surface area contributed by atoms with Gasteiger partial charge in [-0.1, -0.05) is 15.9 Å². The van der Waals surface area contributed by atoms with Crippen molar-refractivity contribution in [2.45, 2.75) is 32.6 Å². The van der Waals surface area contributed by atoms with Gasteiger partial charge in [0.2, 0.25) is 5.91 Å². The summed E-state index contributed by atoms with van der Waals surface area (Å²) >= 11 is 3.39. The normalized spacial score (nSPS) is 21.2. The third-order valence-electron chi connectivity index (χ3n) is 3.95. The number of nitrogens with one attached hydrogen (secondary N) is 1. The summed E-state index contributed by atoms with van der Waals surface area (Å²) in [5, 5.41) is 11.9. The number of carboxylic acid groups (broad SMARTS) is 1. The summed E-state index contributed by atoms with van der Waals surface area (Å²) in [4.78, 5) is 23.3. The Morgan fingerprint density at radius 3 is 2.50 bits per heavy atom. The summed E-state index contributed by atoms with van der Waals surface area (Å²) < 4.78 is 6.38. The molecule has 6 heteroatoms. The second-order valence-electron chi connectivity index (χ2n) is 5.45. The van der Waals surface area contributed by atoms with Crippen LogP contribution in [0, 0.1) is 11.8 Å². The van der Waals surface area contributed by atoms with Crippen molar-refractivity contribution in [3.05, 3.63) is 22.7 Å². The molecule has 0 unspecified atom stereocenters. The molecule has 2 N–H and O–H groups in total. The number of hydrogen-bond donors (Lipinski definition) is 2. The zero-order chi connectivity index (χ0) is 16.1. The number of hydrogen-bond acceptors (Lipinski definition) is 3. The van der Waals surface area contributed by atoms with Crippen LogP contribution in [-0.4, -0.2) is 23.6 Å². The van der Waals surface area contributed by atoms with Gasteiger partial charge >= 0.3 is 5.97 Å². The van der Waals surface area contributed by atoms with Gasteiger partial charge in [-0.05, 0) is 50.8 Å². The topological polar surface area (TPSA) is 75.6 Å². The largest absolute Gasteiger partial charge is 0.492 e. The molecule has 1 aliphatic rings. The van der Waals surface area contributed by atoms with E-state index in [2.05, 4.69) is 21.2 Å². The van der Waals surface area contributed by atoms with Crippen LogP contribution in [0.15, 0.2) is 22.7 Å². The standard InChI is InChI=1S/C16H20BrNO4/c1-2-22-14-8-7-12(17)9-13(14)18-15(19)10-3-5-11(6-4-10)16(20)21/h7-11H,2-6H2,1H3,(H,18,19)(H,20,21). The zero-order valence-electron chi connectivity index (χ0n) is 12.5. The second-order valence-corrected chi connectivity index (χ2v) is 6.37. The molecular weight excluding hydrogens is 350 g/mol. The lowest BCUT2D eigenvalue weighted by Gasteiger charge is -2.25. The molecule has 0 radical (unpaired) electrons. The molecule has 0 bridgehead atoms. The lowest BCUT2D eigenvalue weighted by Crippen LogP contribution is -2.29. The van der Waals surface area contributed by atoms with Crippen LogP contribution in [0.25, 0.3) is 0 Å². The van der Waals surface area contributed by atoms with Crippen LogP contribution in [0.3, 0.4) is 0 Å². The quantitative estimate of drug-likeness (QED) is 0.829. The van der Waals surface area contributed by atoms with Crippen molar-refractivity contribution in [1.29, 1.82) is 0 Å². The molecule has 1 aromatic carbocycles. The predicted octanol–water partition coefficient (Wildman–Crippen LogP) is 3.68. The first-order chi connectivity index (χ1) is 10.5. The van der Waals surface area contributed by atoms with Crippen LogP contribution >= 0.6 is 15.9 Å². The Balaban J connectivity index is 2.00. The summed E-state index contributed by atoms with van der Waals surface area (Å²) in [6.07, 6.45) is 2.34. The van der Waals surface area contributed by atoms with Crippen molar-refractivity contribution in [3.8, 4) is 5.75 Å². The van der Waals surface area contributed by atoms with E-state index in [9.17, 15) is 9.59 Å². The van der Waals surface area contributed by atoms with E-state index in [4.69, 9.17) is 9.84 Å². The molecule has 2 rings (SSSR count). The number of amides is 1. The molecule has 120 valence electrons. The molecule has 0 atom stereocenters. The average molecular weight is 370 g/mol. The molecular formula is C16H20BrNO4. The monoisotopic (exact) mass is 369 g/mol. The van der Waals surface area contributed by atoms with Crippen LogP contribution < -0.4 is 10.1 Å². The van der Waals surface area contributed by atoms with Gasteiger partial charge in [-0.2, -0.15) is 0 Å². The smallest absolute Gasteiger partial charge is 0.306 e. The summed E-state index contributed by atoms with van der Waals surface area (Å²) in [5.74, 6) is -0.636. The second kappa shape index (κ2) is 7.63. The summed E-state index contributed by atoms with van der Waals surface area (Å²) in [6, 6.07) is 5.48. The molecule has 0 heterocycles. The van der Waals surface area contributed by atoms with Crippen molar-refractivity contribution in [2.75, 3.05) is 11.9 Å². The summed E-state index contributed by atoms with van der Waals surface area (Å²) in [5.41, 5.74) is 0.640. The number of ether oxygens (including phenoxy) is 1. The van der Waals surface area contributed by atoms with Crippen LogP contribution in [0.5, 0.6) is 5.75 Å². The first-order valence-electron chi connectivity index (χ1n) is 7.47. The van der Waals surface area contributed by atoms with E-state index >= 15 is 0 Å². The molecule has 22 heavy (non-hydrogen) atoms. The first kappa shape index (κ1) is 16.8. The Morgan fingerprint density at radius 1 is 1.27 bits per heavy atom. The molecule has 0 spiro atoms. The fraction of sp³-hybridized carbons (Fsp3) is 0.500. The Hall–Kier alpha value is -1.56. The molecule has 0 aromatic heterocycles. The fourth-order valence-electron chi connectivity index (χ4n) is 2.72. The maximum absolute atomic E-state index is 12.4. The number of halogens is 1. The molecule has 1 aliphatic carbocycles. The van der Waals surface area contributed by atoms with Gasteiger partial charge in [0, 0.05) is 10.4 Å². The highest BCUT2D eigenvalue weighted by Gasteiger charge is 2.30. The summed E-state index contributed by atoms with van der Waals surface area (Å²) in [6.45, 7) is 2.41. The van der Waals surface area contributed by atoms with Gasteiger partial charge < -0.3 is 15.2 Å². The third-order valence-corrected chi connectivity index (χ3v) is 4.44. The minimum absolute atomic E-state index is 0.0668. The average Bonchev–Trinajstić information content (AvgIpc) is 2.50. The number of carbonyl (C=O) groups is 2. The van der Waals surface area contributed by atoms with E-state index in [0.717, 1.165) is 4.47 Å². The number of rotatable bonds is 5. The predicted molar refractivity (Wildman–Crippen MR) is 87.0 cm³/mol. The van der Waals surface area contributed by atoms with Crippen molar-refractivity contribution in [3.63, 3.8) is 0 Å². The molecule has 0 aliphatic heterocycles. The minimum Gasteiger partial charge on any atom is -0.492 e. The zero-order valence-corrected chi connectivity index (χ0v) is 14.1. The van der Waals surface area contributed by atoms with E-state index in [0.29, 0.717) is 43.7 Å². The Bertz CT molecular complexity index is 553. The molecule has 1 saturated carbocycles. The first-order valence-corrected chi connectivity index (χ1v) is 8.26. The highest BCUT2D eigenvalue weighted by atomic mass is 79.9. The number of aliphatic carboxylic acids is 1. The van der Waals surface area contributed by atoms with Crippen molar-refractivity contribution < 1.29 is 19.4 Å². The SMILES string of the molecule is CCOc1ccc(Br)cc1NC(=O)C1CCC(C(=O)O)CC1. The Kier molecular flexibility index (Phi) is 5.83. The van der Waals surface area contributed by atoms with Crippen LogP contribution in [0.4, 0.5) is 5.69 Å². The van der Waals surface area contributed by atoms with Crippen LogP contribution in [0.2, 0.25) is 0 Å². The van der Waals surface area contributed by atoms with Crippen molar-refractivity contribution in [2.24, 2.45) is 11.8 Å². The van der Waals surface area contributed by atoms with Crippen LogP contribution in [-0.2, 0) is 9.59 Å². The van der Waals surface area contributed by atoms with E-state index in [1.165, 1.54) is 0 Å². The van der Waals surface area contributed by atoms with E-state index in [1.807, 2.05) is 25.1 Å². The van der Waals surface area contributed by atoms with Gasteiger partial charge in [0.1, 0.15) is 5.75 Å². The van der Waals surface area contributed by atoms with Gasteiger partial charge in [-0.3, -0.25) is 9.59 Å². The number of carbonyl (C=O) groups excluding carboxylic acids is 1. The number of benzene rings is 1. The van der Waals surface area contributed by atoms with Crippen LogP contribution in [0.1, 0.15) is 32.6 Å².